The maximum absolute atomic E-state index is 5.44. The van der Waals surface area contributed by atoms with Gasteiger partial charge >= 0.3 is 0 Å². The SMILES string of the molecule is CC(=S)OCC1CCCCO1. The van der Waals surface area contributed by atoms with Crippen LogP contribution in [-0.4, -0.2) is 24.4 Å². The van der Waals surface area contributed by atoms with Crippen molar-refractivity contribution in [2.24, 2.45) is 0 Å². The zero-order valence-corrected chi connectivity index (χ0v) is 7.65. The van der Waals surface area contributed by atoms with E-state index in [1.807, 2.05) is 0 Å². The highest BCUT2D eigenvalue weighted by Crippen LogP contribution is 2.12. The summed E-state index contributed by atoms with van der Waals surface area (Å²) in [4.78, 5) is 0. The zero-order valence-electron chi connectivity index (χ0n) is 6.84. The van der Waals surface area contributed by atoms with Crippen LogP contribution in [0, 0.1) is 0 Å². The Hall–Kier alpha value is -0.150. The van der Waals surface area contributed by atoms with Crippen LogP contribution in [0.2, 0.25) is 0 Å². The molecule has 0 aliphatic carbocycles. The second-order valence-electron chi connectivity index (χ2n) is 2.79. The first-order chi connectivity index (χ1) is 5.29. The highest BCUT2D eigenvalue weighted by Gasteiger charge is 2.13. The highest BCUT2D eigenvalue weighted by atomic mass is 32.1. The van der Waals surface area contributed by atoms with Gasteiger partial charge in [0.05, 0.1) is 6.10 Å². The second kappa shape index (κ2) is 4.67. The van der Waals surface area contributed by atoms with E-state index >= 15 is 0 Å². The fourth-order valence-corrected chi connectivity index (χ4v) is 1.22. The average molecular weight is 174 g/mol. The minimum absolute atomic E-state index is 0.279. The van der Waals surface area contributed by atoms with Gasteiger partial charge in [-0.05, 0) is 31.5 Å². The Morgan fingerprint density at radius 3 is 3.00 bits per heavy atom. The van der Waals surface area contributed by atoms with E-state index in [4.69, 9.17) is 21.7 Å². The van der Waals surface area contributed by atoms with E-state index in [0.717, 1.165) is 13.0 Å². The summed E-state index contributed by atoms with van der Waals surface area (Å²) < 4.78 is 10.6. The lowest BCUT2D eigenvalue weighted by atomic mass is 10.1. The third-order valence-corrected chi connectivity index (χ3v) is 1.86. The summed E-state index contributed by atoms with van der Waals surface area (Å²) in [5.74, 6) is 0. The summed E-state index contributed by atoms with van der Waals surface area (Å²) in [6.45, 7) is 3.30. The van der Waals surface area contributed by atoms with Crippen LogP contribution in [0.15, 0.2) is 0 Å². The van der Waals surface area contributed by atoms with Crippen molar-refractivity contribution in [3.63, 3.8) is 0 Å². The molecule has 1 fully saturated rings. The quantitative estimate of drug-likeness (QED) is 0.596. The minimum Gasteiger partial charge on any atom is -0.485 e. The maximum atomic E-state index is 5.44. The van der Waals surface area contributed by atoms with Gasteiger partial charge in [-0.25, -0.2) is 0 Å². The fourth-order valence-electron chi connectivity index (χ4n) is 1.15. The molecule has 0 saturated carbocycles. The molecule has 11 heavy (non-hydrogen) atoms. The van der Waals surface area contributed by atoms with Gasteiger partial charge in [0.2, 0.25) is 0 Å². The number of ether oxygens (including phenoxy) is 2. The molecular formula is C8H14O2S. The molecule has 0 N–H and O–H groups in total. The molecule has 0 spiro atoms. The van der Waals surface area contributed by atoms with Crippen LogP contribution < -0.4 is 0 Å². The predicted octanol–water partition coefficient (Wildman–Crippen LogP) is 1.92. The Bertz CT molecular complexity index is 130. The van der Waals surface area contributed by atoms with Crippen molar-refractivity contribution >= 4 is 17.3 Å². The summed E-state index contributed by atoms with van der Waals surface area (Å²) in [5, 5.41) is 0.610. The Balaban J connectivity index is 2.09. The molecule has 1 aliphatic heterocycles. The molecule has 64 valence electrons. The molecule has 0 bridgehead atoms. The van der Waals surface area contributed by atoms with Gasteiger partial charge < -0.3 is 9.47 Å². The zero-order chi connectivity index (χ0) is 8.10. The number of thiocarbonyl (C=S) groups is 1. The highest BCUT2D eigenvalue weighted by molar-refractivity contribution is 7.80. The first-order valence-corrected chi connectivity index (χ1v) is 4.45. The Kier molecular flexibility index (Phi) is 3.80. The molecule has 0 aromatic carbocycles. The topological polar surface area (TPSA) is 18.5 Å². The summed E-state index contributed by atoms with van der Waals surface area (Å²) in [6.07, 6.45) is 3.84. The van der Waals surface area contributed by atoms with E-state index in [9.17, 15) is 0 Å². The maximum Gasteiger partial charge on any atom is 0.156 e. The van der Waals surface area contributed by atoms with Crippen molar-refractivity contribution in [3.8, 4) is 0 Å². The van der Waals surface area contributed by atoms with Gasteiger partial charge in [0.25, 0.3) is 0 Å². The number of hydrogen-bond donors (Lipinski definition) is 0. The molecule has 1 atom stereocenters. The van der Waals surface area contributed by atoms with E-state index in [0.29, 0.717) is 11.7 Å². The van der Waals surface area contributed by atoms with Crippen LogP contribution in [-0.2, 0) is 9.47 Å². The van der Waals surface area contributed by atoms with Crippen LogP contribution >= 0.6 is 12.2 Å². The third-order valence-electron chi connectivity index (χ3n) is 1.75. The van der Waals surface area contributed by atoms with Gasteiger partial charge in [-0.1, -0.05) is 0 Å². The van der Waals surface area contributed by atoms with E-state index in [2.05, 4.69) is 0 Å². The van der Waals surface area contributed by atoms with Gasteiger partial charge in [-0.15, -0.1) is 0 Å². The van der Waals surface area contributed by atoms with Crippen molar-refractivity contribution in [3.05, 3.63) is 0 Å². The molecule has 1 heterocycles. The van der Waals surface area contributed by atoms with Gasteiger partial charge in [-0.3, -0.25) is 0 Å². The van der Waals surface area contributed by atoms with Crippen LogP contribution in [0.5, 0.6) is 0 Å². The van der Waals surface area contributed by atoms with Crippen molar-refractivity contribution in [2.75, 3.05) is 13.2 Å². The number of rotatable bonds is 2. The lowest BCUT2D eigenvalue weighted by molar-refractivity contribution is -0.0132. The van der Waals surface area contributed by atoms with Gasteiger partial charge in [-0.2, -0.15) is 0 Å². The van der Waals surface area contributed by atoms with E-state index in [-0.39, 0.29) is 6.10 Å². The molecule has 2 nitrogen and oxygen atoms in total. The van der Waals surface area contributed by atoms with Gasteiger partial charge in [0, 0.05) is 13.5 Å². The van der Waals surface area contributed by atoms with Crippen molar-refractivity contribution in [1.82, 2.24) is 0 Å². The van der Waals surface area contributed by atoms with E-state index in [1.54, 1.807) is 6.92 Å². The molecular weight excluding hydrogens is 160 g/mol. The second-order valence-corrected chi connectivity index (χ2v) is 3.37. The smallest absolute Gasteiger partial charge is 0.156 e. The normalized spacial score (nSPS) is 24.6. The Morgan fingerprint density at radius 2 is 2.45 bits per heavy atom. The molecule has 1 unspecified atom stereocenters. The average Bonchev–Trinajstić information content (AvgIpc) is 2.03. The fraction of sp³-hybridized carbons (Fsp3) is 0.875. The van der Waals surface area contributed by atoms with Crippen LogP contribution in [0.3, 0.4) is 0 Å². The minimum atomic E-state index is 0.279. The monoisotopic (exact) mass is 174 g/mol. The predicted molar refractivity (Wildman–Crippen MR) is 47.8 cm³/mol. The summed E-state index contributed by atoms with van der Waals surface area (Å²) >= 11 is 4.79. The molecule has 1 aliphatic rings. The summed E-state index contributed by atoms with van der Waals surface area (Å²) in [6, 6.07) is 0. The van der Waals surface area contributed by atoms with E-state index < -0.39 is 0 Å². The third kappa shape index (κ3) is 3.68. The van der Waals surface area contributed by atoms with Crippen molar-refractivity contribution in [2.45, 2.75) is 32.3 Å². The summed E-state index contributed by atoms with van der Waals surface area (Å²) in [5.41, 5.74) is 0. The molecule has 0 aromatic heterocycles. The van der Waals surface area contributed by atoms with Crippen LogP contribution in [0.25, 0.3) is 0 Å². The first kappa shape index (κ1) is 8.94. The largest absolute Gasteiger partial charge is 0.485 e. The van der Waals surface area contributed by atoms with Crippen LogP contribution in [0.4, 0.5) is 0 Å². The molecule has 1 saturated heterocycles. The Morgan fingerprint density at radius 1 is 1.64 bits per heavy atom. The van der Waals surface area contributed by atoms with Gasteiger partial charge in [0.15, 0.2) is 5.05 Å². The van der Waals surface area contributed by atoms with Crippen molar-refractivity contribution < 1.29 is 9.47 Å². The van der Waals surface area contributed by atoms with Gasteiger partial charge in [0.1, 0.15) is 6.61 Å². The lowest BCUT2D eigenvalue weighted by Gasteiger charge is -2.22. The number of hydrogen-bond acceptors (Lipinski definition) is 3. The summed E-state index contributed by atoms with van der Waals surface area (Å²) in [7, 11) is 0. The van der Waals surface area contributed by atoms with Crippen LogP contribution in [0.1, 0.15) is 26.2 Å². The first-order valence-electron chi connectivity index (χ1n) is 4.04. The standard InChI is InChI=1S/C8H14O2S/c1-7(11)10-6-8-4-2-3-5-9-8/h8H,2-6H2,1H3. The van der Waals surface area contributed by atoms with E-state index in [1.165, 1.54) is 12.8 Å². The Labute approximate surface area is 72.9 Å². The van der Waals surface area contributed by atoms with Crippen molar-refractivity contribution in [1.29, 1.82) is 0 Å². The molecule has 0 amide bonds. The molecule has 0 radical (unpaired) electrons. The lowest BCUT2D eigenvalue weighted by Crippen LogP contribution is -2.24. The molecule has 1 rings (SSSR count). The molecule has 3 heteroatoms. The molecule has 0 aromatic rings.